The summed E-state index contributed by atoms with van der Waals surface area (Å²) in [5.74, 6) is 0.475. The maximum atomic E-state index is 12.0. The molecule has 0 aromatic heterocycles. The van der Waals surface area contributed by atoms with E-state index in [0.29, 0.717) is 31.7 Å². The normalized spacial score (nSPS) is 20.6. The van der Waals surface area contributed by atoms with Crippen LogP contribution in [0.3, 0.4) is 0 Å². The van der Waals surface area contributed by atoms with Gasteiger partial charge in [0.2, 0.25) is 0 Å². The van der Waals surface area contributed by atoms with Gasteiger partial charge in [0.05, 0.1) is 12.7 Å². The molecule has 1 aliphatic rings. The van der Waals surface area contributed by atoms with Crippen molar-refractivity contribution < 1.29 is 19.4 Å². The number of ether oxygens (including phenoxy) is 1. The van der Waals surface area contributed by atoms with Crippen LogP contribution in [0.5, 0.6) is 0 Å². The molecule has 0 spiro atoms. The van der Waals surface area contributed by atoms with Crippen LogP contribution in [0.4, 0.5) is 0 Å². The van der Waals surface area contributed by atoms with Gasteiger partial charge in [-0.05, 0) is 38.5 Å². The standard InChI is InChI=1S/C24H42O4/c1-3-5-9-12-21(25)17-15-20-16-18-23(26)22(20)13-10-7-8-11-14-24(27)28-19-6-4-2/h15,22-23,26H,3-14,16-19H2,1-2H3/t22-,23+/m1/s1. The summed E-state index contributed by atoms with van der Waals surface area (Å²) in [4.78, 5) is 23.6. The van der Waals surface area contributed by atoms with Crippen LogP contribution in [0, 0.1) is 5.92 Å². The molecule has 0 unspecified atom stereocenters. The summed E-state index contributed by atoms with van der Waals surface area (Å²) in [6.45, 7) is 4.78. The number of carbonyl (C=O) groups excluding carboxylic acids is 2. The Morgan fingerprint density at radius 1 is 1.00 bits per heavy atom. The number of Topliss-reactive ketones (excluding diaryl/α,β-unsaturated/α-hetero) is 1. The maximum Gasteiger partial charge on any atom is 0.305 e. The lowest BCUT2D eigenvalue weighted by atomic mass is 9.92. The first-order valence-corrected chi connectivity index (χ1v) is 11.6. The number of carbonyl (C=O) groups is 2. The molecule has 0 aromatic rings. The highest BCUT2D eigenvalue weighted by molar-refractivity contribution is 5.79. The topological polar surface area (TPSA) is 63.6 Å². The summed E-state index contributed by atoms with van der Waals surface area (Å²) in [6.07, 6.45) is 15.6. The van der Waals surface area contributed by atoms with Gasteiger partial charge < -0.3 is 9.84 Å². The van der Waals surface area contributed by atoms with E-state index >= 15 is 0 Å². The number of esters is 1. The molecule has 0 amide bonds. The molecule has 0 bridgehead atoms. The van der Waals surface area contributed by atoms with Gasteiger partial charge in [0.1, 0.15) is 5.78 Å². The lowest BCUT2D eigenvalue weighted by Gasteiger charge is -2.16. The third-order valence-corrected chi connectivity index (χ3v) is 5.73. The van der Waals surface area contributed by atoms with Crippen molar-refractivity contribution >= 4 is 11.8 Å². The fraction of sp³-hybridized carbons (Fsp3) is 0.833. The van der Waals surface area contributed by atoms with Crippen LogP contribution in [0.2, 0.25) is 0 Å². The number of allylic oxidation sites excluding steroid dienone is 1. The molecule has 0 heterocycles. The first kappa shape index (κ1) is 24.9. The van der Waals surface area contributed by atoms with Crippen LogP contribution in [0.25, 0.3) is 0 Å². The predicted molar refractivity (Wildman–Crippen MR) is 114 cm³/mol. The second-order valence-electron chi connectivity index (χ2n) is 8.22. The van der Waals surface area contributed by atoms with Crippen molar-refractivity contribution in [3.63, 3.8) is 0 Å². The van der Waals surface area contributed by atoms with Gasteiger partial charge in [0.25, 0.3) is 0 Å². The van der Waals surface area contributed by atoms with Crippen LogP contribution in [-0.2, 0) is 14.3 Å². The van der Waals surface area contributed by atoms with Gasteiger partial charge in [-0.15, -0.1) is 0 Å². The fourth-order valence-corrected chi connectivity index (χ4v) is 3.89. The van der Waals surface area contributed by atoms with Crippen molar-refractivity contribution in [2.24, 2.45) is 5.92 Å². The molecule has 2 atom stereocenters. The van der Waals surface area contributed by atoms with Gasteiger partial charge in [0.15, 0.2) is 0 Å². The van der Waals surface area contributed by atoms with Gasteiger partial charge in [-0.1, -0.05) is 64.0 Å². The van der Waals surface area contributed by atoms with Crippen LogP contribution in [-0.4, -0.2) is 29.6 Å². The van der Waals surface area contributed by atoms with Crippen LogP contribution >= 0.6 is 0 Å². The van der Waals surface area contributed by atoms with Crippen molar-refractivity contribution in [2.75, 3.05) is 6.61 Å². The minimum atomic E-state index is -0.255. The fourth-order valence-electron chi connectivity index (χ4n) is 3.89. The van der Waals surface area contributed by atoms with E-state index in [1.165, 1.54) is 5.57 Å². The minimum absolute atomic E-state index is 0.0755. The van der Waals surface area contributed by atoms with Crippen LogP contribution < -0.4 is 0 Å². The molecule has 1 aliphatic carbocycles. The second-order valence-corrected chi connectivity index (χ2v) is 8.22. The maximum absolute atomic E-state index is 12.0. The van der Waals surface area contributed by atoms with Gasteiger partial charge in [-0.25, -0.2) is 0 Å². The molecular weight excluding hydrogens is 352 g/mol. The Bertz CT molecular complexity index is 469. The average molecular weight is 395 g/mol. The van der Waals surface area contributed by atoms with E-state index in [9.17, 15) is 14.7 Å². The summed E-state index contributed by atoms with van der Waals surface area (Å²) >= 11 is 0. The lowest BCUT2D eigenvalue weighted by molar-refractivity contribution is -0.143. The number of unbranched alkanes of at least 4 members (excludes halogenated alkanes) is 6. The molecule has 4 heteroatoms. The summed E-state index contributed by atoms with van der Waals surface area (Å²) in [6, 6.07) is 0. The Morgan fingerprint density at radius 3 is 2.46 bits per heavy atom. The molecule has 1 N–H and O–H groups in total. The Hall–Kier alpha value is -1.16. The third-order valence-electron chi connectivity index (χ3n) is 5.73. The Balaban J connectivity index is 2.19. The largest absolute Gasteiger partial charge is 0.466 e. The first-order valence-electron chi connectivity index (χ1n) is 11.6. The monoisotopic (exact) mass is 394 g/mol. The molecule has 1 saturated carbocycles. The molecule has 28 heavy (non-hydrogen) atoms. The highest BCUT2D eigenvalue weighted by atomic mass is 16.5. The molecular formula is C24H42O4. The van der Waals surface area contributed by atoms with Gasteiger partial charge in [0, 0.05) is 25.2 Å². The number of ketones is 1. The Kier molecular flexibility index (Phi) is 14.0. The predicted octanol–water partition coefficient (Wildman–Crippen LogP) is 5.91. The van der Waals surface area contributed by atoms with E-state index in [1.807, 2.05) is 0 Å². The molecule has 0 aromatic carbocycles. The van der Waals surface area contributed by atoms with E-state index < -0.39 is 0 Å². The highest BCUT2D eigenvalue weighted by Gasteiger charge is 2.29. The lowest BCUT2D eigenvalue weighted by Crippen LogP contribution is -2.14. The molecule has 1 rings (SSSR count). The average Bonchev–Trinajstić information content (AvgIpc) is 3.03. The van der Waals surface area contributed by atoms with Crippen molar-refractivity contribution in [2.45, 2.75) is 116 Å². The van der Waals surface area contributed by atoms with E-state index in [-0.39, 0.29) is 18.0 Å². The van der Waals surface area contributed by atoms with Crippen molar-refractivity contribution in [3.8, 4) is 0 Å². The van der Waals surface area contributed by atoms with Crippen molar-refractivity contribution in [1.29, 1.82) is 0 Å². The molecule has 0 aliphatic heterocycles. The number of hydrogen-bond acceptors (Lipinski definition) is 4. The minimum Gasteiger partial charge on any atom is -0.466 e. The highest BCUT2D eigenvalue weighted by Crippen LogP contribution is 2.35. The molecule has 1 fully saturated rings. The summed E-state index contributed by atoms with van der Waals surface area (Å²) in [7, 11) is 0. The summed E-state index contributed by atoms with van der Waals surface area (Å²) in [5, 5.41) is 10.3. The quantitative estimate of drug-likeness (QED) is 0.201. The zero-order chi connectivity index (χ0) is 20.6. The SMILES string of the molecule is CCCCCC(=O)CC=C1CC[C@H](O)[C@@H]1CCCCCCC(=O)OCCCC. The van der Waals surface area contributed by atoms with Crippen molar-refractivity contribution in [3.05, 3.63) is 11.6 Å². The number of hydrogen-bond donors (Lipinski definition) is 1. The third kappa shape index (κ3) is 11.0. The zero-order valence-electron chi connectivity index (χ0n) is 18.2. The smallest absolute Gasteiger partial charge is 0.305 e. The Labute approximate surface area is 172 Å². The second kappa shape index (κ2) is 15.7. The van der Waals surface area contributed by atoms with Crippen LogP contribution in [0.15, 0.2) is 11.6 Å². The summed E-state index contributed by atoms with van der Waals surface area (Å²) < 4.78 is 5.17. The van der Waals surface area contributed by atoms with Gasteiger partial charge in [-0.2, -0.15) is 0 Å². The van der Waals surface area contributed by atoms with Gasteiger partial charge in [-0.3, -0.25) is 9.59 Å². The first-order chi connectivity index (χ1) is 13.6. The molecule has 162 valence electrons. The number of rotatable bonds is 16. The molecule has 4 nitrogen and oxygen atoms in total. The Morgan fingerprint density at radius 2 is 1.71 bits per heavy atom. The van der Waals surface area contributed by atoms with Crippen LogP contribution in [0.1, 0.15) is 110 Å². The zero-order valence-corrected chi connectivity index (χ0v) is 18.2. The van der Waals surface area contributed by atoms with E-state index in [0.717, 1.165) is 77.0 Å². The number of aliphatic hydroxyl groups excluding tert-OH is 1. The van der Waals surface area contributed by atoms with Crippen molar-refractivity contribution in [1.82, 2.24) is 0 Å². The number of aliphatic hydroxyl groups is 1. The summed E-state index contributed by atoms with van der Waals surface area (Å²) in [5.41, 5.74) is 1.29. The van der Waals surface area contributed by atoms with E-state index in [4.69, 9.17) is 4.74 Å². The van der Waals surface area contributed by atoms with E-state index in [1.54, 1.807) is 0 Å². The van der Waals surface area contributed by atoms with E-state index in [2.05, 4.69) is 19.9 Å². The van der Waals surface area contributed by atoms with Gasteiger partial charge >= 0.3 is 5.97 Å². The molecule has 0 saturated heterocycles. The molecule has 0 radical (unpaired) electrons.